The normalized spacial score (nSPS) is 12.8. The first-order chi connectivity index (χ1) is 6.98. The number of allylic oxidation sites excluding steroid dienone is 1. The summed E-state index contributed by atoms with van der Waals surface area (Å²) in [4.78, 5) is 6.19. The molecule has 0 unspecified atom stereocenters. The van der Waals surface area contributed by atoms with Crippen molar-refractivity contribution in [3.63, 3.8) is 0 Å². The van der Waals surface area contributed by atoms with E-state index in [1.807, 2.05) is 0 Å². The van der Waals surface area contributed by atoms with Crippen LogP contribution in [0, 0.1) is 11.3 Å². The zero-order chi connectivity index (χ0) is 11.5. The largest absolute Gasteiger partial charge is 0.345 e. The summed E-state index contributed by atoms with van der Waals surface area (Å²) in [6.45, 7) is 3.07. The maximum Gasteiger partial charge on any atom is 0.190 e. The van der Waals surface area contributed by atoms with Crippen molar-refractivity contribution in [3.05, 3.63) is 23.1 Å². The minimum absolute atomic E-state index is 0.248. The number of hydrogen-bond donors (Lipinski definition) is 1. The van der Waals surface area contributed by atoms with Gasteiger partial charge in [0.25, 0.3) is 0 Å². The van der Waals surface area contributed by atoms with Crippen molar-refractivity contribution in [1.29, 1.82) is 5.26 Å². The molecule has 0 saturated carbocycles. The zero-order valence-corrected chi connectivity index (χ0v) is 9.25. The highest BCUT2D eigenvalue weighted by Crippen LogP contribution is 2.15. The minimum Gasteiger partial charge on any atom is -0.345 e. The van der Waals surface area contributed by atoms with Crippen molar-refractivity contribution in [2.75, 3.05) is 0 Å². The monoisotopic (exact) mass is 225 g/mol. The lowest BCUT2D eigenvalue weighted by Crippen LogP contribution is -2.15. The van der Waals surface area contributed by atoms with E-state index in [1.165, 1.54) is 32.4 Å². The molecule has 1 aromatic rings. The topological polar surface area (TPSA) is 86.6 Å². The van der Waals surface area contributed by atoms with E-state index in [9.17, 15) is 8.42 Å². The van der Waals surface area contributed by atoms with Crippen LogP contribution in [0.2, 0.25) is 0 Å². The molecular formula is C9H11N3O2S. The van der Waals surface area contributed by atoms with Gasteiger partial charge < -0.3 is 4.98 Å². The molecule has 0 spiro atoms. The van der Waals surface area contributed by atoms with Crippen molar-refractivity contribution in [3.8, 4) is 6.07 Å². The molecule has 0 amide bonds. The fourth-order valence-electron chi connectivity index (χ4n) is 0.919. The number of rotatable bonds is 3. The van der Waals surface area contributed by atoms with Gasteiger partial charge in [-0.25, -0.2) is 13.4 Å². The van der Waals surface area contributed by atoms with Crippen molar-refractivity contribution in [1.82, 2.24) is 9.97 Å². The highest BCUT2D eigenvalue weighted by atomic mass is 32.2. The van der Waals surface area contributed by atoms with Gasteiger partial charge in [0.05, 0.1) is 23.5 Å². The van der Waals surface area contributed by atoms with Gasteiger partial charge in [-0.2, -0.15) is 5.26 Å². The van der Waals surface area contributed by atoms with E-state index in [-0.39, 0.29) is 4.91 Å². The van der Waals surface area contributed by atoms with Crippen LogP contribution >= 0.6 is 0 Å². The second-order valence-electron chi connectivity index (χ2n) is 3.22. The second kappa shape index (κ2) is 4.28. The van der Waals surface area contributed by atoms with Gasteiger partial charge in [-0.3, -0.25) is 0 Å². The van der Waals surface area contributed by atoms with Gasteiger partial charge in [-0.15, -0.1) is 0 Å². The maximum absolute atomic E-state index is 11.7. The Morgan fingerprint density at radius 1 is 1.67 bits per heavy atom. The molecule has 0 aromatic carbocycles. The van der Waals surface area contributed by atoms with Gasteiger partial charge in [0.2, 0.25) is 0 Å². The van der Waals surface area contributed by atoms with Crippen molar-refractivity contribution in [2.45, 2.75) is 19.1 Å². The van der Waals surface area contributed by atoms with Crippen molar-refractivity contribution >= 4 is 15.9 Å². The minimum atomic E-state index is -3.51. The molecule has 15 heavy (non-hydrogen) atoms. The van der Waals surface area contributed by atoms with Gasteiger partial charge in [-0.1, -0.05) is 0 Å². The Morgan fingerprint density at radius 3 is 2.73 bits per heavy atom. The number of H-pyrrole nitrogens is 1. The Hall–Kier alpha value is -1.61. The summed E-state index contributed by atoms with van der Waals surface area (Å²) in [6.07, 6.45) is 4.15. The molecule has 1 heterocycles. The van der Waals surface area contributed by atoms with Crippen molar-refractivity contribution < 1.29 is 8.42 Å². The number of nitriles is 1. The molecule has 0 atom stereocenters. The predicted octanol–water partition coefficient (Wildman–Crippen LogP) is 1.10. The lowest BCUT2D eigenvalue weighted by atomic mass is 10.4. The number of nitrogens with one attached hydrogen (secondary N) is 1. The molecule has 5 nitrogen and oxygen atoms in total. The summed E-state index contributed by atoms with van der Waals surface area (Å²) in [5.74, 6) is 0. The SMILES string of the molecule is CC(C)S(=O)(=O)/C(C#N)=C\c1cnc[nH]1. The third kappa shape index (κ3) is 2.44. The Balaban J connectivity index is 3.18. The first kappa shape index (κ1) is 11.5. The van der Waals surface area contributed by atoms with Gasteiger partial charge in [0.15, 0.2) is 9.84 Å². The highest BCUT2D eigenvalue weighted by Gasteiger charge is 2.22. The third-order valence-corrected chi connectivity index (χ3v) is 3.91. The number of hydrogen-bond acceptors (Lipinski definition) is 4. The van der Waals surface area contributed by atoms with Crippen LogP contribution in [-0.2, 0) is 9.84 Å². The van der Waals surface area contributed by atoms with E-state index in [4.69, 9.17) is 5.26 Å². The van der Waals surface area contributed by atoms with Crippen LogP contribution in [0.4, 0.5) is 0 Å². The molecule has 6 heteroatoms. The lowest BCUT2D eigenvalue weighted by Gasteiger charge is -2.04. The Kier molecular flexibility index (Phi) is 3.27. The first-order valence-corrected chi connectivity index (χ1v) is 5.87. The molecule has 1 aromatic heterocycles. The molecule has 0 aliphatic heterocycles. The van der Waals surface area contributed by atoms with Gasteiger partial charge in [0.1, 0.15) is 11.0 Å². The van der Waals surface area contributed by atoms with E-state index in [2.05, 4.69) is 9.97 Å². The lowest BCUT2D eigenvalue weighted by molar-refractivity contribution is 0.595. The Labute approximate surface area is 88.4 Å². The van der Waals surface area contributed by atoms with Crippen LogP contribution in [-0.4, -0.2) is 23.6 Å². The first-order valence-electron chi connectivity index (χ1n) is 4.32. The number of imidazole rings is 1. The Morgan fingerprint density at radius 2 is 2.33 bits per heavy atom. The molecule has 0 bridgehead atoms. The average molecular weight is 225 g/mol. The summed E-state index contributed by atoms with van der Waals surface area (Å²) in [6, 6.07) is 1.69. The van der Waals surface area contributed by atoms with Gasteiger partial charge in [0, 0.05) is 0 Å². The van der Waals surface area contributed by atoms with Crippen LogP contribution in [0.1, 0.15) is 19.5 Å². The van der Waals surface area contributed by atoms with Crippen molar-refractivity contribution in [2.24, 2.45) is 0 Å². The summed E-state index contributed by atoms with van der Waals surface area (Å²) in [5, 5.41) is 8.17. The summed E-state index contributed by atoms with van der Waals surface area (Å²) < 4.78 is 23.3. The number of nitrogens with zero attached hydrogens (tertiary/aromatic N) is 2. The standard InChI is InChI=1S/C9H11N3O2S/c1-7(2)15(13,14)9(4-10)3-8-5-11-6-12-8/h3,5-7H,1-2H3,(H,11,12)/b9-3-. The van der Waals surface area contributed by atoms with Gasteiger partial charge >= 0.3 is 0 Å². The zero-order valence-electron chi connectivity index (χ0n) is 8.43. The molecule has 0 fully saturated rings. The summed E-state index contributed by atoms with van der Waals surface area (Å²) in [7, 11) is -3.51. The molecule has 0 saturated heterocycles. The molecule has 0 aliphatic rings. The van der Waals surface area contributed by atoms with E-state index >= 15 is 0 Å². The predicted molar refractivity (Wildman–Crippen MR) is 56.2 cm³/mol. The molecular weight excluding hydrogens is 214 g/mol. The quantitative estimate of drug-likeness (QED) is 0.780. The molecule has 0 aliphatic carbocycles. The maximum atomic E-state index is 11.7. The molecule has 0 radical (unpaired) electrons. The second-order valence-corrected chi connectivity index (χ2v) is 5.69. The number of sulfone groups is 1. The van der Waals surface area contributed by atoms with Crippen LogP contribution in [0.3, 0.4) is 0 Å². The smallest absolute Gasteiger partial charge is 0.190 e. The molecule has 1 N–H and O–H groups in total. The van der Waals surface area contributed by atoms with Crippen LogP contribution in [0.15, 0.2) is 17.4 Å². The number of aromatic amines is 1. The van der Waals surface area contributed by atoms with E-state index < -0.39 is 15.1 Å². The highest BCUT2D eigenvalue weighted by molar-refractivity contribution is 7.96. The van der Waals surface area contributed by atoms with Crippen LogP contribution < -0.4 is 0 Å². The molecule has 1 rings (SSSR count). The fraction of sp³-hybridized carbons (Fsp3) is 0.333. The van der Waals surface area contributed by atoms with Crippen LogP contribution in [0.25, 0.3) is 6.08 Å². The fourth-order valence-corrected chi connectivity index (χ4v) is 1.85. The van der Waals surface area contributed by atoms with E-state index in [0.717, 1.165) is 0 Å². The third-order valence-electron chi connectivity index (χ3n) is 1.84. The van der Waals surface area contributed by atoms with Gasteiger partial charge in [-0.05, 0) is 19.9 Å². The van der Waals surface area contributed by atoms with E-state index in [1.54, 1.807) is 6.07 Å². The van der Waals surface area contributed by atoms with E-state index in [0.29, 0.717) is 5.69 Å². The Bertz CT molecular complexity index is 492. The summed E-state index contributed by atoms with van der Waals surface area (Å²) >= 11 is 0. The average Bonchev–Trinajstić information content (AvgIpc) is 2.65. The van der Waals surface area contributed by atoms with Crippen LogP contribution in [0.5, 0.6) is 0 Å². The number of aromatic nitrogens is 2. The summed E-state index contributed by atoms with van der Waals surface area (Å²) in [5.41, 5.74) is 0.496. The molecule has 80 valence electrons.